The van der Waals surface area contributed by atoms with Crippen molar-refractivity contribution in [3.63, 3.8) is 0 Å². The highest BCUT2D eigenvalue weighted by atomic mass is 35.5. The van der Waals surface area contributed by atoms with Gasteiger partial charge in [0.25, 0.3) is 0 Å². The minimum absolute atomic E-state index is 0.0846. The molecule has 21 heavy (non-hydrogen) atoms. The first kappa shape index (κ1) is 16.4. The zero-order valence-corrected chi connectivity index (χ0v) is 14.2. The minimum Gasteiger partial charge on any atom is -0.598 e. The van der Waals surface area contributed by atoms with E-state index in [1.807, 2.05) is 62.7 Å². The molecule has 0 aliphatic carbocycles. The molecule has 114 valence electrons. The molecule has 0 radical (unpaired) electrons. The fourth-order valence-corrected chi connectivity index (χ4v) is 2.64. The summed E-state index contributed by atoms with van der Waals surface area (Å²) >= 11 is 4.76. The molecule has 1 aromatic heterocycles. The van der Waals surface area contributed by atoms with Gasteiger partial charge in [0.05, 0.1) is 18.1 Å². The van der Waals surface area contributed by atoms with E-state index >= 15 is 0 Å². The lowest BCUT2D eigenvalue weighted by Crippen LogP contribution is -2.40. The first-order valence-corrected chi connectivity index (χ1v) is 8.28. The Morgan fingerprint density at radius 3 is 2.48 bits per heavy atom. The van der Waals surface area contributed by atoms with Gasteiger partial charge in [0.15, 0.2) is 0 Å². The predicted octanol–water partition coefficient (Wildman–Crippen LogP) is 3.64. The summed E-state index contributed by atoms with van der Waals surface area (Å²) in [6, 6.07) is 7.46. The molecule has 0 saturated heterocycles. The standard InChI is InChI=1S/C15H20ClN3OS/c1-11(18-21(20)15(2,3)4)14-9-19(10-17-14)13-7-5-12(16)6-8-13/h5-11,18H,1-4H3/t11-,21-/m1/s1. The molecule has 0 fully saturated rings. The average molecular weight is 326 g/mol. The van der Waals surface area contributed by atoms with Crippen LogP contribution < -0.4 is 4.72 Å². The summed E-state index contributed by atoms with van der Waals surface area (Å²) in [5, 5.41) is 0.703. The molecule has 0 aliphatic heterocycles. The van der Waals surface area contributed by atoms with E-state index < -0.39 is 11.4 Å². The van der Waals surface area contributed by atoms with E-state index in [0.29, 0.717) is 5.02 Å². The van der Waals surface area contributed by atoms with Gasteiger partial charge in [-0.1, -0.05) is 11.6 Å². The highest BCUT2D eigenvalue weighted by molar-refractivity contribution is 7.90. The van der Waals surface area contributed by atoms with Crippen molar-refractivity contribution in [2.24, 2.45) is 0 Å². The van der Waals surface area contributed by atoms with Gasteiger partial charge < -0.3 is 9.12 Å². The van der Waals surface area contributed by atoms with Crippen LogP contribution in [0.15, 0.2) is 36.8 Å². The third kappa shape index (κ3) is 4.23. The van der Waals surface area contributed by atoms with Gasteiger partial charge in [-0.3, -0.25) is 0 Å². The Hall–Kier alpha value is -1.01. The first-order chi connectivity index (χ1) is 9.77. The molecule has 6 heteroatoms. The molecule has 0 amide bonds. The molecule has 0 saturated carbocycles. The summed E-state index contributed by atoms with van der Waals surface area (Å²) in [7, 11) is 0. The minimum atomic E-state index is -1.12. The zero-order valence-electron chi connectivity index (χ0n) is 12.6. The molecule has 0 unspecified atom stereocenters. The normalized spacial score (nSPS) is 15.0. The number of hydrogen-bond donors (Lipinski definition) is 1. The highest BCUT2D eigenvalue weighted by Gasteiger charge is 2.28. The second kappa shape index (κ2) is 6.40. The van der Waals surface area contributed by atoms with Crippen LogP contribution in [-0.2, 0) is 11.4 Å². The van der Waals surface area contributed by atoms with Crippen LogP contribution >= 0.6 is 11.6 Å². The van der Waals surface area contributed by atoms with Crippen molar-refractivity contribution in [3.05, 3.63) is 47.5 Å². The van der Waals surface area contributed by atoms with Crippen molar-refractivity contribution in [1.29, 1.82) is 0 Å². The van der Waals surface area contributed by atoms with Crippen LogP contribution in [-0.4, -0.2) is 18.9 Å². The second-order valence-electron chi connectivity index (χ2n) is 5.90. The molecule has 4 nitrogen and oxygen atoms in total. The van der Waals surface area contributed by atoms with E-state index in [1.165, 1.54) is 0 Å². The van der Waals surface area contributed by atoms with Crippen molar-refractivity contribution in [2.75, 3.05) is 0 Å². The molecule has 1 heterocycles. The predicted molar refractivity (Wildman–Crippen MR) is 88.0 cm³/mol. The molecule has 1 N–H and O–H groups in total. The van der Waals surface area contributed by atoms with Crippen LogP contribution in [0.2, 0.25) is 5.02 Å². The van der Waals surface area contributed by atoms with E-state index in [0.717, 1.165) is 11.4 Å². The number of rotatable bonds is 4. The smallest absolute Gasteiger partial charge is 0.136 e. The Kier molecular flexibility index (Phi) is 4.99. The van der Waals surface area contributed by atoms with Crippen LogP contribution in [0.1, 0.15) is 39.4 Å². The molecule has 2 atom stereocenters. The molecule has 2 aromatic rings. The van der Waals surface area contributed by atoms with Crippen LogP contribution in [0.25, 0.3) is 5.69 Å². The average Bonchev–Trinajstić information content (AvgIpc) is 2.88. The van der Waals surface area contributed by atoms with E-state index in [-0.39, 0.29) is 10.8 Å². The molecule has 0 spiro atoms. The van der Waals surface area contributed by atoms with E-state index in [1.54, 1.807) is 6.33 Å². The molecule has 0 aliphatic rings. The number of imidazole rings is 1. The second-order valence-corrected chi connectivity index (χ2v) is 8.34. The van der Waals surface area contributed by atoms with Crippen molar-refractivity contribution in [2.45, 2.75) is 38.5 Å². The topological polar surface area (TPSA) is 52.9 Å². The fourth-order valence-electron chi connectivity index (χ4n) is 1.71. The van der Waals surface area contributed by atoms with Gasteiger partial charge in [0, 0.05) is 28.3 Å². The van der Waals surface area contributed by atoms with E-state index in [4.69, 9.17) is 11.6 Å². The Morgan fingerprint density at radius 1 is 1.29 bits per heavy atom. The number of halogens is 1. The number of aromatic nitrogens is 2. The Balaban J connectivity index is 2.10. The van der Waals surface area contributed by atoms with Crippen LogP contribution in [0.4, 0.5) is 0 Å². The third-order valence-electron chi connectivity index (χ3n) is 3.01. The summed E-state index contributed by atoms with van der Waals surface area (Å²) in [4.78, 5) is 4.38. The molecule has 0 bridgehead atoms. The largest absolute Gasteiger partial charge is 0.598 e. The number of nitrogens with one attached hydrogen (secondary N) is 1. The lowest BCUT2D eigenvalue weighted by Gasteiger charge is -2.25. The van der Waals surface area contributed by atoms with Gasteiger partial charge in [-0.25, -0.2) is 4.98 Å². The van der Waals surface area contributed by atoms with Crippen LogP contribution in [0, 0.1) is 0 Å². The highest BCUT2D eigenvalue weighted by Crippen LogP contribution is 2.20. The summed E-state index contributed by atoms with van der Waals surface area (Å²) in [6.07, 6.45) is 3.68. The lowest BCUT2D eigenvalue weighted by atomic mass is 10.3. The van der Waals surface area contributed by atoms with E-state index in [9.17, 15) is 4.55 Å². The Bertz CT molecular complexity index is 592. The van der Waals surface area contributed by atoms with E-state index in [2.05, 4.69) is 9.71 Å². The quantitative estimate of drug-likeness (QED) is 0.873. The van der Waals surface area contributed by atoms with Gasteiger partial charge in [0.1, 0.15) is 4.75 Å². The van der Waals surface area contributed by atoms with Crippen molar-refractivity contribution < 1.29 is 4.55 Å². The van der Waals surface area contributed by atoms with Gasteiger partial charge in [-0.15, -0.1) is 4.72 Å². The molecular formula is C15H20ClN3OS. The summed E-state index contributed by atoms with van der Waals surface area (Å²) in [6.45, 7) is 7.78. The zero-order chi connectivity index (χ0) is 15.6. The lowest BCUT2D eigenvalue weighted by molar-refractivity contribution is 0.529. The fraction of sp³-hybridized carbons (Fsp3) is 0.400. The maximum Gasteiger partial charge on any atom is 0.136 e. The number of hydrogen-bond acceptors (Lipinski definition) is 3. The van der Waals surface area contributed by atoms with Gasteiger partial charge in [-0.2, -0.15) is 0 Å². The maximum atomic E-state index is 12.1. The first-order valence-electron chi connectivity index (χ1n) is 6.75. The van der Waals surface area contributed by atoms with Gasteiger partial charge >= 0.3 is 0 Å². The summed E-state index contributed by atoms with van der Waals surface area (Å²) < 4.78 is 16.8. The SMILES string of the molecule is C[C@@H](N[S@+]([O-])C(C)(C)C)c1cn(-c2ccc(Cl)cc2)cn1. The number of benzene rings is 1. The Labute approximate surface area is 133 Å². The summed E-state index contributed by atoms with van der Waals surface area (Å²) in [5.41, 5.74) is 1.84. The van der Waals surface area contributed by atoms with Crippen LogP contribution in [0.5, 0.6) is 0 Å². The van der Waals surface area contributed by atoms with Crippen LogP contribution in [0.3, 0.4) is 0 Å². The molecular weight excluding hydrogens is 306 g/mol. The van der Waals surface area contributed by atoms with Crippen molar-refractivity contribution >= 4 is 23.0 Å². The Morgan fingerprint density at radius 2 is 1.90 bits per heavy atom. The number of nitrogens with zero attached hydrogens (tertiary/aromatic N) is 2. The third-order valence-corrected chi connectivity index (χ3v) is 4.94. The monoisotopic (exact) mass is 325 g/mol. The van der Waals surface area contributed by atoms with Crippen molar-refractivity contribution in [1.82, 2.24) is 14.3 Å². The molecule has 1 aromatic carbocycles. The maximum absolute atomic E-state index is 12.1. The van der Waals surface area contributed by atoms with Gasteiger partial charge in [0.2, 0.25) is 0 Å². The van der Waals surface area contributed by atoms with Crippen molar-refractivity contribution in [3.8, 4) is 5.69 Å². The summed E-state index contributed by atoms with van der Waals surface area (Å²) in [5.74, 6) is 0. The van der Waals surface area contributed by atoms with Gasteiger partial charge in [-0.05, 0) is 52.0 Å². The molecule has 2 rings (SSSR count).